The van der Waals surface area contributed by atoms with Crippen LogP contribution >= 0.6 is 0 Å². The Hall–Kier alpha value is -0.410. The van der Waals surface area contributed by atoms with Gasteiger partial charge in [0, 0.05) is 5.71 Å². The Morgan fingerprint density at radius 1 is 1.25 bits per heavy atom. The molecule has 0 radical (unpaired) electrons. The molecular weight excluding hydrogens is 152 g/mol. The fourth-order valence-electron chi connectivity index (χ4n) is 1.88. The standard InChI is InChI=1S/C9H18N2O/c1-7-8(2,3)11(12-6)9(4,5)10-7/h1-6H3. The minimum atomic E-state index is -0.234. The molecule has 12 heavy (non-hydrogen) atoms. The van der Waals surface area contributed by atoms with Crippen LogP contribution in [-0.4, -0.2) is 29.1 Å². The number of hydrogen-bond donors (Lipinski definition) is 0. The number of nitrogens with zero attached hydrogens (tertiary/aromatic N) is 2. The minimum Gasteiger partial charge on any atom is -0.299 e. The molecule has 0 aromatic heterocycles. The van der Waals surface area contributed by atoms with Crippen molar-refractivity contribution in [2.75, 3.05) is 7.11 Å². The summed E-state index contributed by atoms with van der Waals surface area (Å²) in [5.41, 5.74) is 0.801. The summed E-state index contributed by atoms with van der Waals surface area (Å²) in [6, 6.07) is 0. The lowest BCUT2D eigenvalue weighted by Crippen LogP contribution is -2.50. The molecule has 0 unspecified atom stereocenters. The van der Waals surface area contributed by atoms with Crippen molar-refractivity contribution in [3.05, 3.63) is 0 Å². The molecule has 0 N–H and O–H groups in total. The fraction of sp³-hybridized carbons (Fsp3) is 0.889. The van der Waals surface area contributed by atoms with E-state index in [0.29, 0.717) is 0 Å². The second-order valence-corrected chi connectivity index (χ2v) is 4.23. The molecule has 0 aromatic rings. The van der Waals surface area contributed by atoms with E-state index in [4.69, 9.17) is 4.84 Å². The molecule has 0 aliphatic carbocycles. The second kappa shape index (κ2) is 2.54. The molecule has 0 aromatic carbocycles. The molecule has 3 heteroatoms. The Balaban J connectivity index is 3.03. The van der Waals surface area contributed by atoms with Gasteiger partial charge in [0.1, 0.15) is 5.66 Å². The lowest BCUT2D eigenvalue weighted by molar-refractivity contribution is -0.216. The lowest BCUT2D eigenvalue weighted by Gasteiger charge is -2.36. The van der Waals surface area contributed by atoms with Gasteiger partial charge in [-0.15, -0.1) is 0 Å². The maximum absolute atomic E-state index is 5.33. The third kappa shape index (κ3) is 1.17. The third-order valence-electron chi connectivity index (χ3n) is 2.51. The molecule has 70 valence electrons. The predicted molar refractivity (Wildman–Crippen MR) is 50.1 cm³/mol. The van der Waals surface area contributed by atoms with Crippen LogP contribution in [0.3, 0.4) is 0 Å². The molecule has 0 spiro atoms. The number of aliphatic imine (C=N–C) groups is 1. The van der Waals surface area contributed by atoms with Crippen molar-refractivity contribution in [1.29, 1.82) is 0 Å². The zero-order valence-corrected chi connectivity index (χ0v) is 8.80. The van der Waals surface area contributed by atoms with E-state index in [9.17, 15) is 0 Å². The van der Waals surface area contributed by atoms with E-state index < -0.39 is 0 Å². The van der Waals surface area contributed by atoms with Crippen molar-refractivity contribution >= 4 is 5.71 Å². The SMILES string of the molecule is CON1C(C)(C)N=C(C)C1(C)C. The average molecular weight is 170 g/mol. The van der Waals surface area contributed by atoms with Crippen LogP contribution in [0.5, 0.6) is 0 Å². The zero-order chi connectivity index (χ0) is 9.57. The average Bonchev–Trinajstić information content (AvgIpc) is 1.99. The summed E-state index contributed by atoms with van der Waals surface area (Å²) in [6.45, 7) is 10.4. The van der Waals surface area contributed by atoms with Crippen molar-refractivity contribution < 1.29 is 4.84 Å². The van der Waals surface area contributed by atoms with E-state index >= 15 is 0 Å². The Bertz CT molecular complexity index is 219. The highest BCUT2D eigenvalue weighted by molar-refractivity contribution is 5.92. The maximum Gasteiger partial charge on any atom is 0.131 e. The summed E-state index contributed by atoms with van der Waals surface area (Å²) in [5, 5.41) is 1.93. The van der Waals surface area contributed by atoms with Gasteiger partial charge in [0.25, 0.3) is 0 Å². The zero-order valence-electron chi connectivity index (χ0n) is 8.80. The number of hydrogen-bond acceptors (Lipinski definition) is 3. The van der Waals surface area contributed by atoms with E-state index in [1.54, 1.807) is 7.11 Å². The van der Waals surface area contributed by atoms with Gasteiger partial charge in [-0.3, -0.25) is 9.83 Å². The highest BCUT2D eigenvalue weighted by atomic mass is 16.7. The molecule has 1 aliphatic heterocycles. The van der Waals surface area contributed by atoms with Crippen LogP contribution in [0, 0.1) is 0 Å². The van der Waals surface area contributed by atoms with E-state index in [1.807, 2.05) is 12.0 Å². The van der Waals surface area contributed by atoms with Gasteiger partial charge < -0.3 is 0 Å². The molecule has 0 saturated heterocycles. The fourth-order valence-corrected chi connectivity index (χ4v) is 1.88. The first kappa shape index (κ1) is 9.68. The van der Waals surface area contributed by atoms with Crippen LogP contribution in [0.25, 0.3) is 0 Å². The van der Waals surface area contributed by atoms with Crippen molar-refractivity contribution in [3.8, 4) is 0 Å². The number of hydroxylamine groups is 2. The van der Waals surface area contributed by atoms with Gasteiger partial charge in [0.05, 0.1) is 12.6 Å². The van der Waals surface area contributed by atoms with Gasteiger partial charge in [-0.25, -0.2) is 0 Å². The summed E-state index contributed by atoms with van der Waals surface area (Å²) < 4.78 is 0. The first-order valence-electron chi connectivity index (χ1n) is 4.24. The molecular formula is C9H18N2O. The first-order valence-corrected chi connectivity index (χ1v) is 4.24. The smallest absolute Gasteiger partial charge is 0.131 e. The number of rotatable bonds is 1. The molecule has 1 rings (SSSR count). The van der Waals surface area contributed by atoms with Crippen LogP contribution in [0.1, 0.15) is 34.6 Å². The highest BCUT2D eigenvalue weighted by Crippen LogP contribution is 2.34. The summed E-state index contributed by atoms with van der Waals surface area (Å²) in [7, 11) is 1.69. The monoisotopic (exact) mass is 170 g/mol. The van der Waals surface area contributed by atoms with Crippen molar-refractivity contribution in [2.24, 2.45) is 4.99 Å². The van der Waals surface area contributed by atoms with Gasteiger partial charge in [-0.1, -0.05) is 0 Å². The van der Waals surface area contributed by atoms with E-state index in [0.717, 1.165) is 5.71 Å². The predicted octanol–water partition coefficient (Wildman–Crippen LogP) is 1.84. The summed E-state index contributed by atoms with van der Waals surface area (Å²) in [4.78, 5) is 9.87. The molecule has 0 atom stereocenters. The van der Waals surface area contributed by atoms with Crippen LogP contribution in [0.4, 0.5) is 0 Å². The van der Waals surface area contributed by atoms with Gasteiger partial charge >= 0.3 is 0 Å². The molecule has 0 bridgehead atoms. The van der Waals surface area contributed by atoms with Crippen LogP contribution in [0.15, 0.2) is 4.99 Å². The Morgan fingerprint density at radius 3 is 1.92 bits per heavy atom. The topological polar surface area (TPSA) is 24.8 Å². The van der Waals surface area contributed by atoms with Crippen molar-refractivity contribution in [1.82, 2.24) is 5.06 Å². The Morgan fingerprint density at radius 2 is 1.75 bits per heavy atom. The van der Waals surface area contributed by atoms with E-state index in [2.05, 4.69) is 32.7 Å². The van der Waals surface area contributed by atoms with Crippen molar-refractivity contribution in [3.63, 3.8) is 0 Å². The molecule has 1 heterocycles. The molecule has 0 fully saturated rings. The van der Waals surface area contributed by atoms with Crippen LogP contribution in [0.2, 0.25) is 0 Å². The molecule has 0 saturated carbocycles. The summed E-state index contributed by atoms with van der Waals surface area (Å²) >= 11 is 0. The van der Waals surface area contributed by atoms with Crippen LogP contribution < -0.4 is 0 Å². The highest BCUT2D eigenvalue weighted by Gasteiger charge is 2.46. The lowest BCUT2D eigenvalue weighted by atomic mass is 10.0. The minimum absolute atomic E-state index is 0.0851. The molecule has 1 aliphatic rings. The summed E-state index contributed by atoms with van der Waals surface area (Å²) in [5.74, 6) is 0. The van der Waals surface area contributed by atoms with Gasteiger partial charge in [-0.2, -0.15) is 5.06 Å². The Labute approximate surface area is 74.4 Å². The van der Waals surface area contributed by atoms with Gasteiger partial charge in [0.2, 0.25) is 0 Å². The molecule has 0 amide bonds. The van der Waals surface area contributed by atoms with E-state index in [-0.39, 0.29) is 11.2 Å². The quantitative estimate of drug-likeness (QED) is 0.600. The van der Waals surface area contributed by atoms with Gasteiger partial charge in [-0.05, 0) is 34.6 Å². The summed E-state index contributed by atoms with van der Waals surface area (Å²) in [6.07, 6.45) is 0. The normalized spacial score (nSPS) is 27.3. The maximum atomic E-state index is 5.33. The van der Waals surface area contributed by atoms with Crippen LogP contribution in [-0.2, 0) is 4.84 Å². The third-order valence-corrected chi connectivity index (χ3v) is 2.51. The second-order valence-electron chi connectivity index (χ2n) is 4.23. The molecule has 3 nitrogen and oxygen atoms in total. The van der Waals surface area contributed by atoms with E-state index in [1.165, 1.54) is 0 Å². The van der Waals surface area contributed by atoms with Crippen molar-refractivity contribution in [2.45, 2.75) is 45.8 Å². The largest absolute Gasteiger partial charge is 0.299 e. The Kier molecular flexibility index (Phi) is 2.05. The first-order chi connectivity index (χ1) is 5.32. The van der Waals surface area contributed by atoms with Gasteiger partial charge in [0.15, 0.2) is 0 Å².